The second-order valence-electron chi connectivity index (χ2n) is 6.11. The van der Waals surface area contributed by atoms with E-state index in [4.69, 9.17) is 5.73 Å². The fourth-order valence-electron chi connectivity index (χ4n) is 3.09. The van der Waals surface area contributed by atoms with Crippen LogP contribution in [-0.4, -0.2) is 23.1 Å². The highest BCUT2D eigenvalue weighted by atomic mass is 15.2. The molecule has 0 radical (unpaired) electrons. The normalized spacial score (nSPS) is 21.1. The number of nitrogen functional groups attached to an aromatic ring is 1. The molecule has 0 unspecified atom stereocenters. The van der Waals surface area contributed by atoms with Crippen molar-refractivity contribution >= 4 is 11.8 Å². The monoisotopic (exact) mass is 268 g/mol. The molecule has 20 heavy (non-hydrogen) atoms. The fraction of sp³-hybridized carbons (Fsp3) is 0.375. The molecule has 0 bridgehead atoms. The molecule has 2 aromatic rings. The van der Waals surface area contributed by atoms with Gasteiger partial charge in [-0.25, -0.2) is 4.98 Å². The molecule has 2 heterocycles. The average molecular weight is 268 g/mol. The van der Waals surface area contributed by atoms with E-state index in [1.165, 1.54) is 5.56 Å². The predicted octanol–water partition coefficient (Wildman–Crippen LogP) is 2.69. The van der Waals surface area contributed by atoms with E-state index in [2.05, 4.69) is 59.0 Å². The molecule has 3 rings (SSSR count). The Morgan fingerprint density at radius 3 is 2.65 bits per heavy atom. The number of nitrogens with two attached hydrogens (primary N) is 1. The van der Waals surface area contributed by atoms with Gasteiger partial charge in [-0.2, -0.15) is 4.98 Å². The smallest absolute Gasteiger partial charge is 0.221 e. The zero-order valence-electron chi connectivity index (χ0n) is 12.0. The molecule has 1 aliphatic rings. The van der Waals surface area contributed by atoms with Crippen molar-refractivity contribution < 1.29 is 0 Å². The molecule has 0 amide bonds. The lowest BCUT2D eigenvalue weighted by molar-refractivity contribution is 0.365. The van der Waals surface area contributed by atoms with Gasteiger partial charge in [0.25, 0.3) is 0 Å². The van der Waals surface area contributed by atoms with Gasteiger partial charge >= 0.3 is 0 Å². The Hall–Kier alpha value is -2.10. The summed E-state index contributed by atoms with van der Waals surface area (Å²) in [4.78, 5) is 10.6. The van der Waals surface area contributed by atoms with Gasteiger partial charge in [-0.15, -0.1) is 0 Å². The van der Waals surface area contributed by atoms with E-state index in [1.54, 1.807) is 6.20 Å². The van der Waals surface area contributed by atoms with Crippen molar-refractivity contribution in [3.63, 3.8) is 0 Å². The number of benzene rings is 1. The topological polar surface area (TPSA) is 55.0 Å². The van der Waals surface area contributed by atoms with Gasteiger partial charge in [-0.3, -0.25) is 0 Å². The van der Waals surface area contributed by atoms with Crippen molar-refractivity contribution in [1.82, 2.24) is 9.97 Å². The lowest BCUT2D eigenvalue weighted by Gasteiger charge is -2.25. The van der Waals surface area contributed by atoms with Gasteiger partial charge in [0.1, 0.15) is 5.82 Å². The van der Waals surface area contributed by atoms with E-state index < -0.39 is 0 Å². The predicted molar refractivity (Wildman–Crippen MR) is 81.6 cm³/mol. The Labute approximate surface area is 119 Å². The molecule has 0 saturated carbocycles. The third-order valence-electron chi connectivity index (χ3n) is 4.13. The van der Waals surface area contributed by atoms with E-state index in [1.807, 2.05) is 6.07 Å². The summed E-state index contributed by atoms with van der Waals surface area (Å²) < 4.78 is 0. The second kappa shape index (κ2) is 4.78. The quantitative estimate of drug-likeness (QED) is 0.910. The van der Waals surface area contributed by atoms with Crippen molar-refractivity contribution in [1.29, 1.82) is 0 Å². The lowest BCUT2D eigenvalue weighted by Crippen LogP contribution is -2.24. The van der Waals surface area contributed by atoms with Crippen LogP contribution in [0.3, 0.4) is 0 Å². The number of anilines is 2. The molecule has 1 aliphatic heterocycles. The molecule has 4 heteroatoms. The van der Waals surface area contributed by atoms with E-state index in [-0.39, 0.29) is 5.41 Å². The first-order chi connectivity index (χ1) is 9.56. The summed E-state index contributed by atoms with van der Waals surface area (Å²) in [6.45, 7) is 6.57. The first-order valence-corrected chi connectivity index (χ1v) is 6.95. The van der Waals surface area contributed by atoms with Crippen molar-refractivity contribution in [3.05, 3.63) is 48.2 Å². The van der Waals surface area contributed by atoms with Crippen LogP contribution in [0, 0.1) is 5.41 Å². The van der Waals surface area contributed by atoms with Crippen LogP contribution in [0.1, 0.15) is 25.3 Å². The molecular weight excluding hydrogens is 248 g/mol. The van der Waals surface area contributed by atoms with E-state index in [9.17, 15) is 0 Å². The number of nitrogens with zero attached hydrogens (tertiary/aromatic N) is 3. The summed E-state index contributed by atoms with van der Waals surface area (Å²) in [6.07, 6.45) is 1.72. The van der Waals surface area contributed by atoms with Crippen LogP contribution in [0.4, 0.5) is 11.8 Å². The lowest BCUT2D eigenvalue weighted by atomic mass is 9.78. The van der Waals surface area contributed by atoms with Crippen molar-refractivity contribution in [3.8, 4) is 0 Å². The van der Waals surface area contributed by atoms with Gasteiger partial charge in [0.2, 0.25) is 5.95 Å². The van der Waals surface area contributed by atoms with Crippen LogP contribution in [0.15, 0.2) is 42.6 Å². The summed E-state index contributed by atoms with van der Waals surface area (Å²) in [7, 11) is 0. The van der Waals surface area contributed by atoms with Crippen molar-refractivity contribution in [2.45, 2.75) is 19.8 Å². The van der Waals surface area contributed by atoms with Gasteiger partial charge in [0.15, 0.2) is 0 Å². The van der Waals surface area contributed by atoms with Crippen LogP contribution >= 0.6 is 0 Å². The van der Waals surface area contributed by atoms with Crippen LogP contribution in [-0.2, 0) is 0 Å². The Bertz CT molecular complexity index is 594. The molecule has 1 atom stereocenters. The Morgan fingerprint density at radius 1 is 1.20 bits per heavy atom. The van der Waals surface area contributed by atoms with Crippen LogP contribution < -0.4 is 10.6 Å². The summed E-state index contributed by atoms with van der Waals surface area (Å²) >= 11 is 0. The molecule has 1 saturated heterocycles. The van der Waals surface area contributed by atoms with Gasteiger partial charge in [0, 0.05) is 25.2 Å². The number of hydrogen-bond acceptors (Lipinski definition) is 4. The van der Waals surface area contributed by atoms with Crippen molar-refractivity contribution in [2.75, 3.05) is 23.7 Å². The average Bonchev–Trinajstić information content (AvgIpc) is 2.76. The molecule has 4 nitrogen and oxygen atoms in total. The van der Waals surface area contributed by atoms with Crippen molar-refractivity contribution in [2.24, 2.45) is 5.41 Å². The van der Waals surface area contributed by atoms with Crippen LogP contribution in [0.5, 0.6) is 0 Å². The van der Waals surface area contributed by atoms with E-state index in [0.29, 0.717) is 11.9 Å². The largest absolute Gasteiger partial charge is 0.368 e. The number of rotatable bonds is 2. The molecule has 0 spiro atoms. The van der Waals surface area contributed by atoms with Crippen LogP contribution in [0.2, 0.25) is 0 Å². The Balaban J connectivity index is 1.89. The minimum absolute atomic E-state index is 0.209. The molecule has 2 N–H and O–H groups in total. The maximum Gasteiger partial charge on any atom is 0.221 e. The van der Waals surface area contributed by atoms with E-state index >= 15 is 0 Å². The number of hydrogen-bond donors (Lipinski definition) is 1. The third kappa shape index (κ3) is 2.33. The standard InChI is InChI=1S/C16H20N4/c1-16(2)11-20(14-8-9-18-15(17)19-14)10-13(16)12-6-4-3-5-7-12/h3-9,13H,10-11H2,1-2H3,(H2,17,18,19)/t13-/m0/s1. The summed E-state index contributed by atoms with van der Waals surface area (Å²) in [6, 6.07) is 12.6. The Kier molecular flexibility index (Phi) is 3.08. The van der Waals surface area contributed by atoms with E-state index in [0.717, 1.165) is 18.9 Å². The van der Waals surface area contributed by atoms with Gasteiger partial charge in [-0.1, -0.05) is 44.2 Å². The molecule has 1 fully saturated rings. The maximum atomic E-state index is 5.69. The molecule has 1 aromatic carbocycles. The molecule has 0 aliphatic carbocycles. The fourth-order valence-corrected chi connectivity index (χ4v) is 3.09. The number of aromatic nitrogens is 2. The summed E-state index contributed by atoms with van der Waals surface area (Å²) in [5.41, 5.74) is 7.29. The molecule has 1 aromatic heterocycles. The van der Waals surface area contributed by atoms with Gasteiger partial charge in [-0.05, 0) is 17.0 Å². The van der Waals surface area contributed by atoms with Gasteiger partial charge < -0.3 is 10.6 Å². The minimum atomic E-state index is 0.209. The summed E-state index contributed by atoms with van der Waals surface area (Å²) in [5.74, 6) is 1.76. The molecular formula is C16H20N4. The highest BCUT2D eigenvalue weighted by molar-refractivity contribution is 5.45. The molecule has 104 valence electrons. The van der Waals surface area contributed by atoms with Crippen LogP contribution in [0.25, 0.3) is 0 Å². The second-order valence-corrected chi connectivity index (χ2v) is 6.11. The van der Waals surface area contributed by atoms with Gasteiger partial charge in [0.05, 0.1) is 0 Å². The third-order valence-corrected chi connectivity index (χ3v) is 4.13. The highest BCUT2D eigenvalue weighted by Crippen LogP contribution is 2.43. The Morgan fingerprint density at radius 2 is 1.95 bits per heavy atom. The zero-order chi connectivity index (χ0) is 14.2. The minimum Gasteiger partial charge on any atom is -0.368 e. The summed E-state index contributed by atoms with van der Waals surface area (Å²) in [5, 5.41) is 0. The maximum absolute atomic E-state index is 5.69. The highest BCUT2D eigenvalue weighted by Gasteiger charge is 2.40. The zero-order valence-corrected chi connectivity index (χ0v) is 12.0. The SMILES string of the molecule is CC1(C)CN(c2ccnc(N)n2)C[C@H]1c1ccccc1. The first kappa shape index (κ1) is 12.9. The first-order valence-electron chi connectivity index (χ1n) is 6.95.